The first kappa shape index (κ1) is 7.39. The first-order valence-electron chi connectivity index (χ1n) is 4.79. The van der Waals surface area contributed by atoms with Crippen LogP contribution < -0.4 is 4.74 Å². The number of ether oxygens (including phenoxy) is 2. The van der Waals surface area contributed by atoms with Gasteiger partial charge < -0.3 is 9.47 Å². The van der Waals surface area contributed by atoms with E-state index in [0.29, 0.717) is 12.2 Å². The maximum atomic E-state index is 5.83. The molecule has 0 N–H and O–H groups in total. The highest BCUT2D eigenvalue weighted by atomic mass is 16.6. The van der Waals surface area contributed by atoms with Crippen LogP contribution in [-0.2, 0) is 11.2 Å². The van der Waals surface area contributed by atoms with Gasteiger partial charge in [-0.3, -0.25) is 0 Å². The van der Waals surface area contributed by atoms with Gasteiger partial charge in [0.15, 0.2) is 0 Å². The summed E-state index contributed by atoms with van der Waals surface area (Å²) in [4.78, 5) is 0. The number of fused-ring (bicyclic) bond motifs is 1. The van der Waals surface area contributed by atoms with Gasteiger partial charge >= 0.3 is 0 Å². The smallest absolute Gasteiger partial charge is 0.127 e. The molecule has 68 valence electrons. The molecule has 0 radical (unpaired) electrons. The van der Waals surface area contributed by atoms with E-state index in [9.17, 15) is 0 Å². The minimum absolute atomic E-state index is 0.301. The fraction of sp³-hybridized carbons (Fsp3) is 0.455. The van der Waals surface area contributed by atoms with E-state index in [1.807, 2.05) is 12.1 Å². The first-order chi connectivity index (χ1) is 6.43. The molecule has 2 aliphatic heterocycles. The predicted octanol–water partition coefficient (Wildman–Crippen LogP) is 1.78. The average molecular weight is 176 g/mol. The van der Waals surface area contributed by atoms with Gasteiger partial charge in [-0.05, 0) is 24.5 Å². The quantitative estimate of drug-likeness (QED) is 0.608. The molecule has 0 amide bonds. The zero-order valence-electron chi connectivity index (χ0n) is 7.40. The molecule has 0 saturated carbocycles. The molecule has 13 heavy (non-hydrogen) atoms. The molecular weight excluding hydrogens is 164 g/mol. The third-order valence-electron chi connectivity index (χ3n) is 2.72. The van der Waals surface area contributed by atoms with Gasteiger partial charge in [-0.2, -0.15) is 0 Å². The third-order valence-corrected chi connectivity index (χ3v) is 2.72. The maximum absolute atomic E-state index is 5.83. The Morgan fingerprint density at radius 2 is 2.00 bits per heavy atom. The van der Waals surface area contributed by atoms with Crippen molar-refractivity contribution in [3.05, 3.63) is 29.8 Å². The van der Waals surface area contributed by atoms with Gasteiger partial charge in [0.1, 0.15) is 18.0 Å². The van der Waals surface area contributed by atoms with Gasteiger partial charge in [0, 0.05) is 0 Å². The van der Waals surface area contributed by atoms with Crippen LogP contribution in [-0.4, -0.2) is 18.8 Å². The van der Waals surface area contributed by atoms with E-state index in [0.717, 1.165) is 25.2 Å². The number of para-hydroxylation sites is 1. The van der Waals surface area contributed by atoms with Crippen molar-refractivity contribution in [3.8, 4) is 5.75 Å². The van der Waals surface area contributed by atoms with E-state index in [-0.39, 0.29) is 0 Å². The van der Waals surface area contributed by atoms with Crippen LogP contribution in [0.2, 0.25) is 0 Å². The highest BCUT2D eigenvalue weighted by molar-refractivity contribution is 5.35. The monoisotopic (exact) mass is 176 g/mol. The van der Waals surface area contributed by atoms with Crippen molar-refractivity contribution in [2.75, 3.05) is 6.61 Å². The SMILES string of the molecule is c1ccc2c(c1)CC[C@H]([C@H]1CO1)O2. The Kier molecular flexibility index (Phi) is 1.56. The number of hydrogen-bond donors (Lipinski definition) is 0. The van der Waals surface area contributed by atoms with E-state index in [1.165, 1.54) is 5.56 Å². The molecule has 2 atom stereocenters. The van der Waals surface area contributed by atoms with Crippen molar-refractivity contribution in [2.24, 2.45) is 0 Å². The Morgan fingerprint density at radius 1 is 1.15 bits per heavy atom. The summed E-state index contributed by atoms with van der Waals surface area (Å²) >= 11 is 0. The number of rotatable bonds is 1. The fourth-order valence-corrected chi connectivity index (χ4v) is 1.88. The highest BCUT2D eigenvalue weighted by Crippen LogP contribution is 2.31. The van der Waals surface area contributed by atoms with Gasteiger partial charge in [0.05, 0.1) is 6.61 Å². The second-order valence-corrected chi connectivity index (χ2v) is 3.67. The van der Waals surface area contributed by atoms with Crippen LogP contribution in [0.5, 0.6) is 5.75 Å². The van der Waals surface area contributed by atoms with E-state index in [1.54, 1.807) is 0 Å². The number of aryl methyl sites for hydroxylation is 1. The lowest BCUT2D eigenvalue weighted by Crippen LogP contribution is -2.27. The third kappa shape index (κ3) is 1.31. The van der Waals surface area contributed by atoms with Gasteiger partial charge in [-0.1, -0.05) is 18.2 Å². The van der Waals surface area contributed by atoms with Gasteiger partial charge in [-0.25, -0.2) is 0 Å². The molecule has 1 fully saturated rings. The number of epoxide rings is 1. The summed E-state index contributed by atoms with van der Waals surface area (Å²) in [6, 6.07) is 8.27. The number of hydrogen-bond acceptors (Lipinski definition) is 2. The highest BCUT2D eigenvalue weighted by Gasteiger charge is 2.36. The molecule has 2 heteroatoms. The Morgan fingerprint density at radius 3 is 2.85 bits per heavy atom. The van der Waals surface area contributed by atoms with E-state index >= 15 is 0 Å². The summed E-state index contributed by atoms with van der Waals surface area (Å²) in [6.07, 6.45) is 2.89. The summed E-state index contributed by atoms with van der Waals surface area (Å²) in [5.74, 6) is 1.05. The largest absolute Gasteiger partial charge is 0.487 e. The topological polar surface area (TPSA) is 21.8 Å². The van der Waals surface area contributed by atoms with Crippen molar-refractivity contribution >= 4 is 0 Å². The van der Waals surface area contributed by atoms with Crippen LogP contribution >= 0.6 is 0 Å². The molecule has 2 heterocycles. The molecule has 0 bridgehead atoms. The van der Waals surface area contributed by atoms with Crippen LogP contribution in [0.1, 0.15) is 12.0 Å². The van der Waals surface area contributed by atoms with Crippen molar-refractivity contribution in [1.82, 2.24) is 0 Å². The molecule has 0 aromatic heterocycles. The van der Waals surface area contributed by atoms with Crippen LogP contribution in [0.3, 0.4) is 0 Å². The molecule has 0 unspecified atom stereocenters. The lowest BCUT2D eigenvalue weighted by Gasteiger charge is -2.24. The zero-order chi connectivity index (χ0) is 8.67. The van der Waals surface area contributed by atoms with Crippen LogP contribution in [0, 0.1) is 0 Å². The minimum Gasteiger partial charge on any atom is -0.487 e. The second kappa shape index (κ2) is 2.74. The van der Waals surface area contributed by atoms with E-state index in [4.69, 9.17) is 9.47 Å². The molecule has 1 aromatic carbocycles. The number of benzene rings is 1. The minimum atomic E-state index is 0.301. The summed E-state index contributed by atoms with van der Waals surface area (Å²) in [7, 11) is 0. The fourth-order valence-electron chi connectivity index (χ4n) is 1.88. The van der Waals surface area contributed by atoms with Gasteiger partial charge in [0.2, 0.25) is 0 Å². The second-order valence-electron chi connectivity index (χ2n) is 3.67. The Bertz CT molecular complexity index is 318. The maximum Gasteiger partial charge on any atom is 0.127 e. The molecule has 2 nitrogen and oxygen atoms in total. The molecule has 3 rings (SSSR count). The molecule has 1 aromatic rings. The van der Waals surface area contributed by atoms with E-state index < -0.39 is 0 Å². The summed E-state index contributed by atoms with van der Waals surface area (Å²) < 4.78 is 11.1. The van der Waals surface area contributed by atoms with Crippen LogP contribution in [0.25, 0.3) is 0 Å². The standard InChI is InChI=1S/C11H12O2/c1-2-4-9-8(3-1)5-6-10(13-9)11-7-12-11/h1-4,10-11H,5-7H2/t10-,11-/m1/s1. The lowest BCUT2D eigenvalue weighted by atomic mass is 10.0. The Balaban J connectivity index is 1.85. The van der Waals surface area contributed by atoms with Crippen LogP contribution in [0.4, 0.5) is 0 Å². The Labute approximate surface area is 77.5 Å². The van der Waals surface area contributed by atoms with Gasteiger partial charge in [-0.15, -0.1) is 0 Å². The van der Waals surface area contributed by atoms with E-state index in [2.05, 4.69) is 12.1 Å². The Hall–Kier alpha value is -1.02. The molecule has 0 aliphatic carbocycles. The summed E-state index contributed by atoms with van der Waals surface area (Å²) in [5.41, 5.74) is 1.33. The molecule has 2 aliphatic rings. The van der Waals surface area contributed by atoms with Crippen molar-refractivity contribution in [2.45, 2.75) is 25.0 Å². The molecular formula is C11H12O2. The van der Waals surface area contributed by atoms with Crippen molar-refractivity contribution in [1.29, 1.82) is 0 Å². The lowest BCUT2D eigenvalue weighted by molar-refractivity contribution is 0.136. The first-order valence-corrected chi connectivity index (χ1v) is 4.79. The predicted molar refractivity (Wildman–Crippen MR) is 48.9 cm³/mol. The van der Waals surface area contributed by atoms with Crippen molar-refractivity contribution in [3.63, 3.8) is 0 Å². The molecule has 0 spiro atoms. The zero-order valence-corrected chi connectivity index (χ0v) is 7.40. The summed E-state index contributed by atoms with van der Waals surface area (Å²) in [6.45, 7) is 0.882. The van der Waals surface area contributed by atoms with Gasteiger partial charge in [0.25, 0.3) is 0 Å². The molecule has 1 saturated heterocycles. The summed E-state index contributed by atoms with van der Waals surface area (Å²) in [5, 5.41) is 0. The van der Waals surface area contributed by atoms with Crippen LogP contribution in [0.15, 0.2) is 24.3 Å². The normalized spacial score (nSPS) is 30.5. The van der Waals surface area contributed by atoms with Crippen molar-refractivity contribution < 1.29 is 9.47 Å². The average Bonchev–Trinajstić information content (AvgIpc) is 3.00.